The molecule has 0 spiro atoms. The zero-order valence-corrected chi connectivity index (χ0v) is 16.2. The van der Waals surface area contributed by atoms with Gasteiger partial charge in [0, 0.05) is 18.5 Å². The Morgan fingerprint density at radius 2 is 2.00 bits per heavy atom. The summed E-state index contributed by atoms with van der Waals surface area (Å²) < 4.78 is 0. The molecular formula is C20H33ClN2O. The van der Waals surface area contributed by atoms with E-state index in [1.807, 2.05) is 7.05 Å². The number of hydrogen-bond acceptors (Lipinski definition) is 2. The third kappa shape index (κ3) is 6.10. The third-order valence-electron chi connectivity index (χ3n) is 4.99. The number of carbonyl (C=O) groups excluding carboxylic acids is 1. The minimum Gasteiger partial charge on any atom is -0.342 e. The van der Waals surface area contributed by atoms with Crippen LogP contribution in [-0.4, -0.2) is 37.5 Å². The lowest BCUT2D eigenvalue weighted by Gasteiger charge is -2.37. The molecule has 1 N–H and O–H groups in total. The van der Waals surface area contributed by atoms with Gasteiger partial charge in [0.1, 0.15) is 0 Å². The molecule has 0 saturated carbocycles. The summed E-state index contributed by atoms with van der Waals surface area (Å²) in [6.07, 6.45) is 5.45. The molecule has 1 atom stereocenters. The molecule has 1 saturated heterocycles. The number of halogens is 1. The number of amides is 1. The van der Waals surface area contributed by atoms with E-state index in [4.69, 9.17) is 0 Å². The predicted octanol–water partition coefficient (Wildman–Crippen LogP) is 3.92. The molecular weight excluding hydrogens is 320 g/mol. The normalized spacial score (nSPS) is 18.1. The first-order valence-corrected chi connectivity index (χ1v) is 9.01. The van der Waals surface area contributed by atoms with E-state index in [1.165, 1.54) is 12.0 Å². The summed E-state index contributed by atoms with van der Waals surface area (Å²) in [5.41, 5.74) is 1.11. The summed E-state index contributed by atoms with van der Waals surface area (Å²) in [6.45, 7) is 7.09. The lowest BCUT2D eigenvalue weighted by molar-refractivity contribution is -0.142. The van der Waals surface area contributed by atoms with Gasteiger partial charge in [0.25, 0.3) is 0 Å². The molecule has 0 bridgehead atoms. The fourth-order valence-electron chi connectivity index (χ4n) is 3.62. The first kappa shape index (κ1) is 21.0. The average Bonchev–Trinajstić information content (AvgIpc) is 2.55. The number of likely N-dealkylation sites (tertiary alicyclic amines) is 1. The minimum atomic E-state index is -0.254. The Hall–Kier alpha value is -1.06. The Morgan fingerprint density at radius 1 is 1.29 bits per heavy atom. The molecule has 1 fully saturated rings. The number of benzene rings is 1. The van der Waals surface area contributed by atoms with Crippen molar-refractivity contribution < 1.29 is 4.79 Å². The molecule has 1 aliphatic heterocycles. The van der Waals surface area contributed by atoms with Crippen LogP contribution in [0.5, 0.6) is 0 Å². The molecule has 2 rings (SSSR count). The van der Waals surface area contributed by atoms with Crippen LogP contribution in [0, 0.1) is 11.3 Å². The molecule has 0 radical (unpaired) electrons. The Labute approximate surface area is 153 Å². The van der Waals surface area contributed by atoms with Gasteiger partial charge in [0.2, 0.25) is 5.91 Å². The summed E-state index contributed by atoms with van der Waals surface area (Å²) in [4.78, 5) is 15.0. The lowest BCUT2D eigenvalue weighted by atomic mass is 9.84. The highest BCUT2D eigenvalue weighted by molar-refractivity contribution is 5.85. The number of hydrogen-bond donors (Lipinski definition) is 1. The number of piperidine rings is 1. The van der Waals surface area contributed by atoms with Crippen molar-refractivity contribution in [2.75, 3.05) is 26.7 Å². The Bertz CT molecular complexity index is 488. The second kappa shape index (κ2) is 10.0. The largest absolute Gasteiger partial charge is 0.342 e. The molecule has 1 unspecified atom stereocenters. The maximum absolute atomic E-state index is 12.9. The Balaban J connectivity index is 0.00000288. The molecule has 1 heterocycles. The lowest BCUT2D eigenvalue weighted by Crippen LogP contribution is -2.47. The maximum atomic E-state index is 12.9. The number of rotatable bonds is 7. The van der Waals surface area contributed by atoms with E-state index in [-0.39, 0.29) is 17.8 Å². The zero-order chi connectivity index (χ0) is 16.7. The third-order valence-corrected chi connectivity index (χ3v) is 4.99. The van der Waals surface area contributed by atoms with Crippen LogP contribution in [0.15, 0.2) is 30.3 Å². The smallest absolute Gasteiger partial charge is 0.228 e. The molecule has 4 heteroatoms. The highest BCUT2D eigenvalue weighted by Crippen LogP contribution is 2.29. The first-order chi connectivity index (χ1) is 11.0. The molecule has 1 aliphatic rings. The van der Waals surface area contributed by atoms with E-state index in [9.17, 15) is 4.79 Å². The van der Waals surface area contributed by atoms with Gasteiger partial charge in [-0.2, -0.15) is 0 Å². The van der Waals surface area contributed by atoms with Gasteiger partial charge in [0.05, 0.1) is 0 Å². The van der Waals surface area contributed by atoms with Crippen LogP contribution in [0.25, 0.3) is 0 Å². The van der Waals surface area contributed by atoms with E-state index in [0.29, 0.717) is 11.8 Å². The van der Waals surface area contributed by atoms with E-state index >= 15 is 0 Å². The molecule has 0 aromatic heterocycles. The number of aryl methyl sites for hydroxylation is 1. The summed E-state index contributed by atoms with van der Waals surface area (Å²) >= 11 is 0. The molecule has 0 aliphatic carbocycles. The van der Waals surface area contributed by atoms with Crippen LogP contribution in [0.2, 0.25) is 0 Å². The first-order valence-electron chi connectivity index (χ1n) is 9.01. The van der Waals surface area contributed by atoms with Crippen LogP contribution in [0.1, 0.15) is 45.1 Å². The summed E-state index contributed by atoms with van der Waals surface area (Å²) in [5, 5.41) is 3.25. The van der Waals surface area contributed by atoms with Crippen LogP contribution >= 0.6 is 12.4 Å². The molecule has 1 aromatic carbocycles. The van der Waals surface area contributed by atoms with E-state index in [1.54, 1.807) is 0 Å². The van der Waals surface area contributed by atoms with Gasteiger partial charge in [-0.25, -0.2) is 0 Å². The second-order valence-electron chi connectivity index (χ2n) is 7.54. The van der Waals surface area contributed by atoms with E-state index in [2.05, 4.69) is 54.4 Å². The summed E-state index contributed by atoms with van der Waals surface area (Å²) in [7, 11) is 1.99. The van der Waals surface area contributed by atoms with Crippen molar-refractivity contribution in [2.24, 2.45) is 11.3 Å². The van der Waals surface area contributed by atoms with Gasteiger partial charge in [-0.1, -0.05) is 44.2 Å². The van der Waals surface area contributed by atoms with Crippen molar-refractivity contribution in [3.63, 3.8) is 0 Å². The molecule has 24 heavy (non-hydrogen) atoms. The van der Waals surface area contributed by atoms with Crippen molar-refractivity contribution in [1.29, 1.82) is 0 Å². The highest BCUT2D eigenvalue weighted by atomic mass is 35.5. The van der Waals surface area contributed by atoms with E-state index < -0.39 is 0 Å². The summed E-state index contributed by atoms with van der Waals surface area (Å²) in [6, 6.07) is 10.6. The van der Waals surface area contributed by atoms with Crippen molar-refractivity contribution in [3.05, 3.63) is 35.9 Å². The molecule has 1 aromatic rings. The van der Waals surface area contributed by atoms with Crippen LogP contribution < -0.4 is 5.32 Å². The van der Waals surface area contributed by atoms with Crippen LogP contribution in [0.4, 0.5) is 0 Å². The van der Waals surface area contributed by atoms with Crippen molar-refractivity contribution in [2.45, 2.75) is 46.0 Å². The van der Waals surface area contributed by atoms with Crippen LogP contribution in [-0.2, 0) is 11.2 Å². The SMILES string of the molecule is CNCC1CCCN(C(=O)C(C)(C)CCCc2ccccc2)C1.Cl. The molecule has 1 amide bonds. The number of nitrogens with one attached hydrogen (secondary N) is 1. The van der Waals surface area contributed by atoms with Gasteiger partial charge in [-0.05, 0) is 57.2 Å². The highest BCUT2D eigenvalue weighted by Gasteiger charge is 2.33. The van der Waals surface area contributed by atoms with Crippen molar-refractivity contribution in [3.8, 4) is 0 Å². The molecule has 136 valence electrons. The van der Waals surface area contributed by atoms with Crippen molar-refractivity contribution >= 4 is 18.3 Å². The quantitative estimate of drug-likeness (QED) is 0.806. The summed E-state index contributed by atoms with van der Waals surface area (Å²) in [5.74, 6) is 0.948. The van der Waals surface area contributed by atoms with E-state index in [0.717, 1.165) is 45.3 Å². The number of carbonyl (C=O) groups is 1. The van der Waals surface area contributed by atoms with Crippen LogP contribution in [0.3, 0.4) is 0 Å². The standard InChI is InChI=1S/C20H32N2O.ClH/c1-20(2,13-7-11-17-9-5-4-6-10-17)19(23)22-14-8-12-18(16-22)15-21-3;/h4-6,9-10,18,21H,7-8,11-16H2,1-3H3;1H. The number of nitrogens with zero attached hydrogens (tertiary/aromatic N) is 1. The zero-order valence-electron chi connectivity index (χ0n) is 15.4. The van der Waals surface area contributed by atoms with Gasteiger partial charge >= 0.3 is 0 Å². The van der Waals surface area contributed by atoms with Gasteiger partial charge in [-0.3, -0.25) is 4.79 Å². The van der Waals surface area contributed by atoms with Gasteiger partial charge in [-0.15, -0.1) is 12.4 Å². The monoisotopic (exact) mass is 352 g/mol. The minimum absolute atomic E-state index is 0. The van der Waals surface area contributed by atoms with Gasteiger partial charge < -0.3 is 10.2 Å². The predicted molar refractivity (Wildman–Crippen MR) is 104 cm³/mol. The Morgan fingerprint density at radius 3 is 2.67 bits per heavy atom. The fraction of sp³-hybridized carbons (Fsp3) is 0.650. The van der Waals surface area contributed by atoms with Gasteiger partial charge in [0.15, 0.2) is 0 Å². The topological polar surface area (TPSA) is 32.3 Å². The average molecular weight is 353 g/mol. The maximum Gasteiger partial charge on any atom is 0.228 e. The second-order valence-corrected chi connectivity index (χ2v) is 7.54. The van der Waals surface area contributed by atoms with Crippen molar-refractivity contribution in [1.82, 2.24) is 10.2 Å². The fourth-order valence-corrected chi connectivity index (χ4v) is 3.62. The Kier molecular flexibility index (Phi) is 8.79. The molecule has 3 nitrogen and oxygen atoms in total.